The normalized spacial score (nSPS) is 38.9. The highest BCUT2D eigenvalue weighted by Gasteiger charge is 2.87. The monoisotopic (exact) mass is 744 g/mol. The summed E-state index contributed by atoms with van der Waals surface area (Å²) >= 11 is 0. The summed E-state index contributed by atoms with van der Waals surface area (Å²) in [4.78, 5) is 40.4. The highest BCUT2D eigenvalue weighted by molar-refractivity contribution is 6.04. The van der Waals surface area contributed by atoms with Crippen molar-refractivity contribution in [3.63, 3.8) is 0 Å². The predicted octanol–water partition coefficient (Wildman–Crippen LogP) is 6.15. The zero-order valence-electron chi connectivity index (χ0n) is 33.7. The molecular weight excluding hydrogens is 678 g/mol. The molecule has 1 radical (unpaired) electrons. The minimum Gasteiger partial charge on any atom is -0.458 e. The first-order chi connectivity index (χ1) is 24.7. The second-order valence-electron chi connectivity index (χ2n) is 18.3. The molecule has 0 aromatic carbocycles. The van der Waals surface area contributed by atoms with Gasteiger partial charge < -0.3 is 29.5 Å². The smallest absolute Gasteiger partial charge is 0.306 e. The molecule has 11 heteroatoms. The number of esters is 2. The van der Waals surface area contributed by atoms with Crippen molar-refractivity contribution in [2.75, 3.05) is 13.2 Å². The lowest BCUT2D eigenvalue weighted by molar-refractivity contribution is -0.310. The number of carbonyl (C=O) groups is 3. The van der Waals surface area contributed by atoms with Crippen molar-refractivity contribution in [3.8, 4) is 0 Å². The summed E-state index contributed by atoms with van der Waals surface area (Å²) in [7, 11) is 0. The molecule has 4 aliphatic carbocycles. The highest BCUT2D eigenvalue weighted by Crippen LogP contribution is 2.77. The SMILES string of the molecule is CCCCCCCCCCC(C)C1(CCC(=O)OC2C(C)C3(O)C(C=C(CO)CC4(O)C(=O)C(C)=CC43)C3C(C)(C)C23OC(C)=O)OCC(C)(C)N1[O]. The van der Waals surface area contributed by atoms with Crippen LogP contribution >= 0.6 is 0 Å². The van der Waals surface area contributed by atoms with Crippen LogP contribution in [0.4, 0.5) is 0 Å². The van der Waals surface area contributed by atoms with E-state index in [0.29, 0.717) is 11.1 Å². The Hall–Kier alpha value is -2.15. The number of ketones is 1. The maximum atomic E-state index is 14.1. The predicted molar refractivity (Wildman–Crippen MR) is 197 cm³/mol. The van der Waals surface area contributed by atoms with E-state index in [4.69, 9.17) is 14.2 Å². The summed E-state index contributed by atoms with van der Waals surface area (Å²) in [5.41, 5.74) is -7.24. The van der Waals surface area contributed by atoms with Crippen LogP contribution in [-0.2, 0) is 33.8 Å². The topological polar surface area (TPSA) is 163 Å². The Labute approximate surface area is 316 Å². The average Bonchev–Trinajstić information content (AvgIpc) is 3.38. The molecule has 0 amide bonds. The van der Waals surface area contributed by atoms with Crippen LogP contribution in [0.15, 0.2) is 23.3 Å². The molecule has 3 fully saturated rings. The van der Waals surface area contributed by atoms with E-state index in [1.807, 2.05) is 34.6 Å². The van der Waals surface area contributed by atoms with Crippen LogP contribution in [0.3, 0.4) is 0 Å². The van der Waals surface area contributed by atoms with Crippen molar-refractivity contribution in [3.05, 3.63) is 23.3 Å². The fraction of sp³-hybridized carbons (Fsp3) is 0.833. The molecular formula is C42H66NO10. The van der Waals surface area contributed by atoms with Crippen LogP contribution < -0.4 is 0 Å². The third kappa shape index (κ3) is 6.77. The quantitative estimate of drug-likeness (QED) is 0.0949. The van der Waals surface area contributed by atoms with Gasteiger partial charge >= 0.3 is 11.9 Å². The van der Waals surface area contributed by atoms with Gasteiger partial charge in [0.15, 0.2) is 17.1 Å². The molecule has 1 aliphatic heterocycles. The fourth-order valence-electron chi connectivity index (χ4n) is 11.0. The number of hydrogen-bond acceptors (Lipinski definition) is 10. The molecule has 299 valence electrons. The molecule has 11 nitrogen and oxygen atoms in total. The van der Waals surface area contributed by atoms with Crippen molar-refractivity contribution < 1.29 is 49.1 Å². The summed E-state index contributed by atoms with van der Waals surface area (Å²) in [6.07, 6.45) is 12.1. The number of aliphatic hydroxyl groups excluding tert-OH is 1. The van der Waals surface area contributed by atoms with Gasteiger partial charge in [0.1, 0.15) is 11.7 Å². The van der Waals surface area contributed by atoms with E-state index in [2.05, 4.69) is 6.92 Å². The van der Waals surface area contributed by atoms with E-state index in [0.717, 1.165) is 30.7 Å². The molecule has 10 atom stereocenters. The maximum Gasteiger partial charge on any atom is 0.306 e. The lowest BCUT2D eigenvalue weighted by Crippen LogP contribution is -2.66. The summed E-state index contributed by atoms with van der Waals surface area (Å²) in [6, 6.07) is 0. The first kappa shape index (κ1) is 42.0. The van der Waals surface area contributed by atoms with E-state index in [1.165, 1.54) is 39.0 Å². The minimum atomic E-state index is -2.01. The van der Waals surface area contributed by atoms with Gasteiger partial charge in [0, 0.05) is 61.2 Å². The molecule has 1 heterocycles. The van der Waals surface area contributed by atoms with Crippen molar-refractivity contribution in [2.24, 2.45) is 35.0 Å². The van der Waals surface area contributed by atoms with Crippen LogP contribution in [0.1, 0.15) is 139 Å². The van der Waals surface area contributed by atoms with Gasteiger partial charge in [0.05, 0.1) is 24.4 Å². The minimum absolute atomic E-state index is 0.0970. The summed E-state index contributed by atoms with van der Waals surface area (Å²) in [5.74, 6) is -5.18. The molecule has 2 saturated carbocycles. The number of hydrogen-bond donors (Lipinski definition) is 3. The third-order valence-corrected chi connectivity index (χ3v) is 14.0. The zero-order chi connectivity index (χ0) is 39.4. The molecule has 0 spiro atoms. The Balaban J connectivity index is 1.40. The Morgan fingerprint density at radius 3 is 2.23 bits per heavy atom. The Kier molecular flexibility index (Phi) is 11.9. The van der Waals surface area contributed by atoms with Crippen LogP contribution in [0.25, 0.3) is 0 Å². The van der Waals surface area contributed by atoms with Crippen LogP contribution in [-0.4, -0.2) is 85.5 Å². The second-order valence-corrected chi connectivity index (χ2v) is 18.3. The lowest BCUT2D eigenvalue weighted by atomic mass is 9.59. The van der Waals surface area contributed by atoms with Gasteiger partial charge in [-0.3, -0.25) is 14.4 Å². The standard InChI is InChI=1S/C42H66NO10/c1-10-11-12-13-14-15-16-17-18-27(3)40(43(50)37(6,7)25-51-40)20-19-33(46)52-36-28(4)41(49)31(34-38(8,9)42(34,36)53-29(5)45)22-30(24-44)23-39(48)32(41)21-26(2)35(39)47/h21-22,27-28,31-32,34,36,44,48-49H,10-20,23-25H2,1-9H3. The Bertz CT molecular complexity index is 1470. The van der Waals surface area contributed by atoms with E-state index >= 15 is 0 Å². The van der Waals surface area contributed by atoms with E-state index in [9.17, 15) is 34.9 Å². The molecule has 3 N–H and O–H groups in total. The highest BCUT2D eigenvalue weighted by atomic mass is 16.6. The molecule has 53 heavy (non-hydrogen) atoms. The summed E-state index contributed by atoms with van der Waals surface area (Å²) < 4.78 is 18.9. The fourth-order valence-corrected chi connectivity index (χ4v) is 11.0. The largest absolute Gasteiger partial charge is 0.458 e. The van der Waals surface area contributed by atoms with Gasteiger partial charge in [-0.05, 0) is 38.3 Å². The van der Waals surface area contributed by atoms with Crippen molar-refractivity contribution in [2.45, 2.75) is 174 Å². The molecule has 0 bridgehead atoms. The lowest BCUT2D eigenvalue weighted by Gasteiger charge is -2.53. The van der Waals surface area contributed by atoms with Gasteiger partial charge in [0.25, 0.3) is 0 Å². The number of carbonyl (C=O) groups excluding carboxylic acids is 3. The van der Waals surface area contributed by atoms with Crippen molar-refractivity contribution in [1.29, 1.82) is 0 Å². The summed E-state index contributed by atoms with van der Waals surface area (Å²) in [6.45, 7) is 16.1. The van der Waals surface area contributed by atoms with Crippen LogP contribution in [0.5, 0.6) is 0 Å². The van der Waals surface area contributed by atoms with E-state index in [1.54, 1.807) is 26.0 Å². The van der Waals surface area contributed by atoms with Gasteiger partial charge in [-0.15, -0.1) is 10.3 Å². The molecule has 1 saturated heterocycles. The number of nitrogens with zero attached hydrogens (tertiary/aromatic N) is 1. The second kappa shape index (κ2) is 15.1. The first-order valence-corrected chi connectivity index (χ1v) is 20.2. The van der Waals surface area contributed by atoms with E-state index < -0.39 is 87.6 Å². The maximum absolute atomic E-state index is 14.1. The number of unbranched alkanes of at least 4 members (excludes halogenated alkanes) is 7. The van der Waals surface area contributed by atoms with Gasteiger partial charge in [-0.2, -0.15) is 0 Å². The zero-order valence-corrected chi connectivity index (χ0v) is 33.7. The van der Waals surface area contributed by atoms with Crippen LogP contribution in [0.2, 0.25) is 0 Å². The van der Waals surface area contributed by atoms with Crippen molar-refractivity contribution in [1.82, 2.24) is 5.06 Å². The summed E-state index contributed by atoms with van der Waals surface area (Å²) in [5, 5.41) is 50.3. The van der Waals surface area contributed by atoms with Gasteiger partial charge in [-0.1, -0.05) is 98.1 Å². The third-order valence-electron chi connectivity index (χ3n) is 14.0. The van der Waals surface area contributed by atoms with Crippen molar-refractivity contribution >= 4 is 17.7 Å². The molecule has 5 aliphatic rings. The number of rotatable bonds is 16. The van der Waals surface area contributed by atoms with Crippen LogP contribution in [0, 0.1) is 35.0 Å². The molecule has 5 rings (SSSR count). The first-order valence-electron chi connectivity index (χ1n) is 20.2. The molecule has 0 aromatic heterocycles. The number of aliphatic hydroxyl groups is 3. The van der Waals surface area contributed by atoms with Gasteiger partial charge in [-0.25, -0.2) is 0 Å². The Morgan fingerprint density at radius 2 is 1.66 bits per heavy atom. The Morgan fingerprint density at radius 1 is 1.04 bits per heavy atom. The van der Waals surface area contributed by atoms with Gasteiger partial charge in [0.2, 0.25) is 0 Å². The molecule has 0 aromatic rings. The number of hydroxylamine groups is 2. The number of fused-ring (bicyclic) bond motifs is 5. The van der Waals surface area contributed by atoms with E-state index in [-0.39, 0.29) is 31.8 Å². The average molecular weight is 745 g/mol. The molecule has 10 unspecified atom stereocenters. The number of Topliss-reactive ketones (excluding diaryl/α,β-unsaturated/α-hetero) is 1. The number of ether oxygens (including phenoxy) is 3.